The third-order valence-corrected chi connectivity index (χ3v) is 4.86. The molecule has 5 nitrogen and oxygen atoms in total. The summed E-state index contributed by atoms with van der Waals surface area (Å²) in [5.74, 6) is -0.246. The molecule has 1 aromatic carbocycles. The Labute approximate surface area is 142 Å². The fourth-order valence-corrected chi connectivity index (χ4v) is 3.62. The Bertz CT molecular complexity index is 552. The number of carbonyl (C=O) groups is 1. The largest absolute Gasteiger partial charge is 0.383 e. The molecule has 2 aliphatic heterocycles. The van der Waals surface area contributed by atoms with Crippen LogP contribution in [0.25, 0.3) is 0 Å². The van der Waals surface area contributed by atoms with Gasteiger partial charge < -0.3 is 14.8 Å². The van der Waals surface area contributed by atoms with E-state index >= 15 is 0 Å². The second-order valence-corrected chi connectivity index (χ2v) is 6.48. The summed E-state index contributed by atoms with van der Waals surface area (Å²) in [6.45, 7) is 2.77. The Morgan fingerprint density at radius 2 is 2.12 bits per heavy atom. The number of rotatable bonds is 6. The second kappa shape index (κ2) is 8.05. The minimum atomic E-state index is -0.353. The zero-order valence-electron chi connectivity index (χ0n) is 14.0. The van der Waals surface area contributed by atoms with Crippen LogP contribution in [0.15, 0.2) is 24.3 Å². The van der Waals surface area contributed by atoms with Crippen molar-refractivity contribution in [2.24, 2.45) is 0 Å². The lowest BCUT2D eigenvalue weighted by molar-refractivity contribution is -0.144. The molecule has 24 heavy (non-hydrogen) atoms. The van der Waals surface area contributed by atoms with Gasteiger partial charge in [0.25, 0.3) is 0 Å². The van der Waals surface area contributed by atoms with Crippen LogP contribution in [0.5, 0.6) is 0 Å². The Morgan fingerprint density at radius 1 is 1.33 bits per heavy atom. The summed E-state index contributed by atoms with van der Waals surface area (Å²) in [4.78, 5) is 14.5. The molecule has 2 fully saturated rings. The van der Waals surface area contributed by atoms with Crippen molar-refractivity contribution < 1.29 is 18.7 Å². The van der Waals surface area contributed by atoms with Crippen molar-refractivity contribution in [1.29, 1.82) is 0 Å². The molecule has 3 atom stereocenters. The van der Waals surface area contributed by atoms with Crippen LogP contribution in [0.3, 0.4) is 0 Å². The average molecular weight is 336 g/mol. The van der Waals surface area contributed by atoms with E-state index in [1.807, 2.05) is 12.1 Å². The fraction of sp³-hybridized carbons (Fsp3) is 0.611. The average Bonchev–Trinajstić information content (AvgIpc) is 2.99. The molecule has 3 rings (SSSR count). The number of likely N-dealkylation sites (tertiary alicyclic amines) is 1. The summed E-state index contributed by atoms with van der Waals surface area (Å²) in [5.41, 5.74) is 1.11. The van der Waals surface area contributed by atoms with Crippen LogP contribution in [0.4, 0.5) is 4.39 Å². The van der Waals surface area contributed by atoms with Gasteiger partial charge in [-0.15, -0.1) is 0 Å². The summed E-state index contributed by atoms with van der Waals surface area (Å²) in [7, 11) is 1.61. The summed E-state index contributed by atoms with van der Waals surface area (Å²) in [5, 5.41) is 2.85. The molecule has 132 valence electrons. The molecule has 0 spiro atoms. The number of ether oxygens (including phenoxy) is 2. The molecule has 0 saturated carbocycles. The maximum Gasteiger partial charge on any atom is 0.249 e. The van der Waals surface area contributed by atoms with Gasteiger partial charge in [-0.2, -0.15) is 0 Å². The molecule has 0 radical (unpaired) electrons. The number of hydrogen-bond acceptors (Lipinski definition) is 4. The Kier molecular flexibility index (Phi) is 5.81. The second-order valence-electron chi connectivity index (χ2n) is 6.48. The molecule has 2 saturated heterocycles. The summed E-state index contributed by atoms with van der Waals surface area (Å²) in [6.07, 6.45) is 2.38. The Hall–Kier alpha value is -1.50. The highest BCUT2D eigenvalue weighted by molar-refractivity contribution is 5.80. The van der Waals surface area contributed by atoms with Crippen LogP contribution in [-0.2, 0) is 20.8 Å². The third-order valence-electron chi connectivity index (χ3n) is 4.86. The summed E-state index contributed by atoms with van der Waals surface area (Å²) >= 11 is 0. The molecule has 0 unspecified atom stereocenters. The maximum atomic E-state index is 13.0. The topological polar surface area (TPSA) is 50.8 Å². The predicted molar refractivity (Wildman–Crippen MR) is 88.0 cm³/mol. The Morgan fingerprint density at radius 3 is 2.88 bits per heavy atom. The first-order chi connectivity index (χ1) is 11.7. The highest BCUT2D eigenvalue weighted by Gasteiger charge is 2.41. The lowest BCUT2D eigenvalue weighted by Crippen LogP contribution is -2.48. The number of carbonyl (C=O) groups excluding carboxylic acids is 1. The molecule has 1 aromatic rings. The fourth-order valence-electron chi connectivity index (χ4n) is 3.62. The number of hydrogen-bond donors (Lipinski definition) is 1. The van der Waals surface area contributed by atoms with Crippen molar-refractivity contribution in [1.82, 2.24) is 10.2 Å². The highest BCUT2D eigenvalue weighted by Crippen LogP contribution is 2.32. The van der Waals surface area contributed by atoms with Crippen LogP contribution in [0, 0.1) is 5.82 Å². The predicted octanol–water partition coefficient (Wildman–Crippen LogP) is 1.71. The first-order valence-corrected chi connectivity index (χ1v) is 8.58. The zero-order valence-corrected chi connectivity index (χ0v) is 14.0. The van der Waals surface area contributed by atoms with Gasteiger partial charge in [0.05, 0.1) is 12.7 Å². The molecule has 0 aromatic heterocycles. The summed E-state index contributed by atoms with van der Waals surface area (Å²) < 4.78 is 24.0. The number of methoxy groups -OCH3 is 1. The van der Waals surface area contributed by atoms with Gasteiger partial charge in [-0.3, -0.25) is 9.69 Å². The van der Waals surface area contributed by atoms with Gasteiger partial charge in [-0.25, -0.2) is 4.39 Å². The normalized spacial score (nSPS) is 27.0. The van der Waals surface area contributed by atoms with E-state index < -0.39 is 0 Å². The molecule has 0 bridgehead atoms. The lowest BCUT2D eigenvalue weighted by Gasteiger charge is -2.35. The molecule has 2 heterocycles. The first-order valence-electron chi connectivity index (χ1n) is 8.58. The zero-order chi connectivity index (χ0) is 16.9. The standard InChI is InChI=1S/C18H25FN2O3/c1-23-11-9-20-18(22)17-7-6-15-16(24-17)8-10-21(15)12-13-2-4-14(19)5-3-13/h2-5,15-17H,6-12H2,1H3,(H,20,22)/t15-,16-,17+/m1/s1. The minimum Gasteiger partial charge on any atom is -0.383 e. The van der Waals surface area contributed by atoms with Crippen molar-refractivity contribution in [3.63, 3.8) is 0 Å². The van der Waals surface area contributed by atoms with Crippen molar-refractivity contribution in [3.8, 4) is 0 Å². The van der Waals surface area contributed by atoms with Gasteiger partial charge in [0.15, 0.2) is 0 Å². The number of nitrogens with zero attached hydrogens (tertiary/aromatic N) is 1. The van der Waals surface area contributed by atoms with E-state index in [4.69, 9.17) is 9.47 Å². The van der Waals surface area contributed by atoms with Crippen LogP contribution < -0.4 is 5.32 Å². The van der Waals surface area contributed by atoms with Crippen molar-refractivity contribution in [2.75, 3.05) is 26.8 Å². The number of benzene rings is 1. The van der Waals surface area contributed by atoms with Gasteiger partial charge in [-0.1, -0.05) is 12.1 Å². The van der Waals surface area contributed by atoms with Crippen LogP contribution in [0.1, 0.15) is 24.8 Å². The molecule has 1 amide bonds. The van der Waals surface area contributed by atoms with Gasteiger partial charge in [0, 0.05) is 32.8 Å². The maximum absolute atomic E-state index is 13.0. The molecule has 1 N–H and O–H groups in total. The van der Waals surface area contributed by atoms with Crippen molar-refractivity contribution in [3.05, 3.63) is 35.6 Å². The smallest absolute Gasteiger partial charge is 0.249 e. The molecule has 6 heteroatoms. The van der Waals surface area contributed by atoms with Gasteiger partial charge in [-0.05, 0) is 37.0 Å². The van der Waals surface area contributed by atoms with Gasteiger partial charge in [0.1, 0.15) is 11.9 Å². The highest BCUT2D eigenvalue weighted by atomic mass is 19.1. The Balaban J connectivity index is 1.51. The van der Waals surface area contributed by atoms with Crippen molar-refractivity contribution in [2.45, 2.75) is 44.1 Å². The van der Waals surface area contributed by atoms with Crippen molar-refractivity contribution >= 4 is 5.91 Å². The van der Waals surface area contributed by atoms with Crippen LogP contribution >= 0.6 is 0 Å². The van der Waals surface area contributed by atoms with Gasteiger partial charge >= 0.3 is 0 Å². The van der Waals surface area contributed by atoms with Crippen LogP contribution in [-0.4, -0.2) is 55.9 Å². The van der Waals surface area contributed by atoms with E-state index in [2.05, 4.69) is 10.2 Å². The van der Waals surface area contributed by atoms with E-state index in [9.17, 15) is 9.18 Å². The quantitative estimate of drug-likeness (QED) is 0.804. The van der Waals surface area contributed by atoms with Gasteiger partial charge in [0.2, 0.25) is 5.91 Å². The number of halogens is 1. The molecule has 2 aliphatic rings. The molecular formula is C18H25FN2O3. The SMILES string of the molecule is COCCNC(=O)[C@@H]1CC[C@@H]2[C@@H](CCN2Cc2ccc(F)cc2)O1. The van der Waals surface area contributed by atoms with E-state index in [1.54, 1.807) is 7.11 Å². The minimum absolute atomic E-state index is 0.0394. The van der Waals surface area contributed by atoms with E-state index in [1.165, 1.54) is 12.1 Å². The first kappa shape index (κ1) is 17.3. The summed E-state index contributed by atoms with van der Waals surface area (Å²) in [6, 6.07) is 7.01. The third kappa shape index (κ3) is 4.12. The number of fused-ring (bicyclic) bond motifs is 1. The van der Waals surface area contributed by atoms with Crippen LogP contribution in [0.2, 0.25) is 0 Å². The number of amides is 1. The van der Waals surface area contributed by atoms with E-state index in [0.29, 0.717) is 19.2 Å². The van der Waals surface area contributed by atoms with E-state index in [0.717, 1.165) is 37.9 Å². The number of nitrogens with one attached hydrogen (secondary N) is 1. The van der Waals surface area contributed by atoms with E-state index in [-0.39, 0.29) is 23.9 Å². The lowest BCUT2D eigenvalue weighted by atomic mass is 9.98. The monoisotopic (exact) mass is 336 g/mol. The molecule has 0 aliphatic carbocycles. The molecular weight excluding hydrogens is 311 g/mol.